The second-order valence-electron chi connectivity index (χ2n) is 7.74. The van der Waals surface area contributed by atoms with Crippen LogP contribution in [0.25, 0.3) is 0 Å². The fourth-order valence-corrected chi connectivity index (χ4v) is 4.13. The summed E-state index contributed by atoms with van der Waals surface area (Å²) in [4.78, 5) is 25.4. The van der Waals surface area contributed by atoms with Crippen LogP contribution in [0.15, 0.2) is 24.4 Å². The predicted octanol–water partition coefficient (Wildman–Crippen LogP) is 3.65. The number of anilines is 4. The highest BCUT2D eigenvalue weighted by atomic mass is 35.5. The van der Waals surface area contributed by atoms with E-state index in [1.54, 1.807) is 18.2 Å². The molecule has 1 aromatic heterocycles. The zero-order valence-corrected chi connectivity index (χ0v) is 17.6. The maximum absolute atomic E-state index is 12.3. The Hall–Kier alpha value is -2.38. The van der Waals surface area contributed by atoms with Crippen LogP contribution in [0.3, 0.4) is 0 Å². The standard InChI is InChI=1S/C21H26ClN5O2/c1-14-4-3-7-26(13-14)21-23-12-17(22)20(25-21)24-16-5-6-18-15(10-16)11-19(28)27(18)8-9-29-2/h5-6,10,12,14H,3-4,7-9,11,13H2,1-2H3,(H,23,24,25). The summed E-state index contributed by atoms with van der Waals surface area (Å²) in [6, 6.07) is 5.89. The number of aromatic nitrogens is 2. The van der Waals surface area contributed by atoms with Gasteiger partial charge in [0.15, 0.2) is 5.82 Å². The lowest BCUT2D eigenvalue weighted by atomic mass is 10.0. The number of carbonyl (C=O) groups is 1. The molecule has 1 atom stereocenters. The molecule has 1 N–H and O–H groups in total. The molecule has 7 nitrogen and oxygen atoms in total. The molecule has 0 spiro atoms. The molecule has 0 saturated carbocycles. The normalized spacial score (nSPS) is 18.9. The maximum atomic E-state index is 12.3. The lowest BCUT2D eigenvalue weighted by Gasteiger charge is -2.31. The van der Waals surface area contributed by atoms with Gasteiger partial charge in [-0.2, -0.15) is 4.98 Å². The third-order valence-electron chi connectivity index (χ3n) is 5.47. The van der Waals surface area contributed by atoms with Crippen LogP contribution in [-0.2, 0) is 16.0 Å². The van der Waals surface area contributed by atoms with E-state index in [2.05, 4.69) is 27.1 Å². The highest BCUT2D eigenvalue weighted by Crippen LogP contribution is 2.33. The molecule has 4 rings (SSSR count). The second kappa shape index (κ2) is 8.55. The van der Waals surface area contributed by atoms with Crippen LogP contribution in [0.1, 0.15) is 25.3 Å². The minimum absolute atomic E-state index is 0.0933. The Morgan fingerprint density at radius 1 is 1.38 bits per heavy atom. The number of piperidine rings is 1. The van der Waals surface area contributed by atoms with Gasteiger partial charge in [-0.25, -0.2) is 4.98 Å². The number of hydrogen-bond donors (Lipinski definition) is 1. The van der Waals surface area contributed by atoms with Crippen LogP contribution in [0, 0.1) is 5.92 Å². The molecule has 1 unspecified atom stereocenters. The smallest absolute Gasteiger partial charge is 0.231 e. The van der Waals surface area contributed by atoms with E-state index in [9.17, 15) is 4.79 Å². The summed E-state index contributed by atoms with van der Waals surface area (Å²) >= 11 is 6.35. The number of benzene rings is 1. The monoisotopic (exact) mass is 415 g/mol. The minimum Gasteiger partial charge on any atom is -0.383 e. The van der Waals surface area contributed by atoms with Crippen molar-refractivity contribution in [2.75, 3.05) is 48.5 Å². The molecular formula is C21H26ClN5O2. The molecule has 2 aromatic rings. The van der Waals surface area contributed by atoms with Crippen molar-refractivity contribution in [2.24, 2.45) is 5.92 Å². The number of halogens is 1. The van der Waals surface area contributed by atoms with Gasteiger partial charge < -0.3 is 19.9 Å². The van der Waals surface area contributed by atoms with Gasteiger partial charge in [-0.1, -0.05) is 18.5 Å². The SMILES string of the molecule is COCCN1C(=O)Cc2cc(Nc3nc(N4CCCC(C)C4)ncc3Cl)ccc21. The first kappa shape index (κ1) is 19.9. The molecule has 3 heterocycles. The van der Waals surface area contributed by atoms with E-state index in [4.69, 9.17) is 16.3 Å². The molecular weight excluding hydrogens is 390 g/mol. The molecule has 154 valence electrons. The average Bonchev–Trinajstić information content (AvgIpc) is 3.02. The molecule has 0 bridgehead atoms. The molecule has 29 heavy (non-hydrogen) atoms. The summed E-state index contributed by atoms with van der Waals surface area (Å²) in [5.74, 6) is 2.01. The summed E-state index contributed by atoms with van der Waals surface area (Å²) in [6.45, 7) is 5.25. The fourth-order valence-electron chi connectivity index (χ4n) is 3.99. The van der Waals surface area contributed by atoms with Gasteiger partial charge in [-0.15, -0.1) is 0 Å². The summed E-state index contributed by atoms with van der Waals surface area (Å²) in [7, 11) is 1.64. The maximum Gasteiger partial charge on any atom is 0.231 e. The van der Waals surface area contributed by atoms with Crippen molar-refractivity contribution in [1.29, 1.82) is 0 Å². The van der Waals surface area contributed by atoms with E-state index >= 15 is 0 Å². The summed E-state index contributed by atoms with van der Waals surface area (Å²) in [6.07, 6.45) is 4.43. The summed E-state index contributed by atoms with van der Waals surface area (Å²) in [5, 5.41) is 3.77. The molecule has 1 aromatic carbocycles. The van der Waals surface area contributed by atoms with Crippen molar-refractivity contribution in [3.05, 3.63) is 35.0 Å². The third-order valence-corrected chi connectivity index (χ3v) is 5.74. The number of fused-ring (bicyclic) bond motifs is 1. The van der Waals surface area contributed by atoms with E-state index in [1.807, 2.05) is 18.2 Å². The first-order valence-electron chi connectivity index (χ1n) is 10.0. The third kappa shape index (κ3) is 4.31. The van der Waals surface area contributed by atoms with Gasteiger partial charge in [0.05, 0.1) is 19.2 Å². The van der Waals surface area contributed by atoms with Gasteiger partial charge in [-0.3, -0.25) is 4.79 Å². The Bertz CT molecular complexity index is 907. The quantitative estimate of drug-likeness (QED) is 0.776. The van der Waals surface area contributed by atoms with Crippen LogP contribution in [0.5, 0.6) is 0 Å². The highest BCUT2D eigenvalue weighted by molar-refractivity contribution is 6.32. The average molecular weight is 416 g/mol. The molecule has 8 heteroatoms. The molecule has 0 radical (unpaired) electrons. The van der Waals surface area contributed by atoms with E-state index in [0.29, 0.717) is 42.3 Å². The van der Waals surface area contributed by atoms with E-state index in [-0.39, 0.29) is 5.91 Å². The number of amides is 1. The first-order valence-corrected chi connectivity index (χ1v) is 10.4. The van der Waals surface area contributed by atoms with Gasteiger partial charge in [-0.05, 0) is 42.5 Å². The number of nitrogens with zero attached hydrogens (tertiary/aromatic N) is 4. The number of methoxy groups -OCH3 is 1. The topological polar surface area (TPSA) is 70.6 Å². The Kier molecular flexibility index (Phi) is 5.87. The van der Waals surface area contributed by atoms with Gasteiger partial charge in [0, 0.05) is 38.1 Å². The zero-order chi connectivity index (χ0) is 20.4. The predicted molar refractivity (Wildman–Crippen MR) is 115 cm³/mol. The Morgan fingerprint density at radius 3 is 3.03 bits per heavy atom. The molecule has 2 aliphatic rings. The molecule has 1 saturated heterocycles. The van der Waals surface area contributed by atoms with Crippen LogP contribution >= 0.6 is 11.6 Å². The lowest BCUT2D eigenvalue weighted by Crippen LogP contribution is -2.35. The van der Waals surface area contributed by atoms with Crippen molar-refractivity contribution in [3.8, 4) is 0 Å². The summed E-state index contributed by atoms with van der Waals surface area (Å²) in [5.41, 5.74) is 2.78. The van der Waals surface area contributed by atoms with Crippen LogP contribution < -0.4 is 15.1 Å². The number of carbonyl (C=O) groups excluding carboxylic acids is 1. The van der Waals surface area contributed by atoms with Crippen molar-refractivity contribution >= 4 is 40.6 Å². The van der Waals surface area contributed by atoms with Crippen molar-refractivity contribution in [3.63, 3.8) is 0 Å². The van der Waals surface area contributed by atoms with Gasteiger partial charge >= 0.3 is 0 Å². The molecule has 0 aliphatic carbocycles. The van der Waals surface area contributed by atoms with E-state index < -0.39 is 0 Å². The highest BCUT2D eigenvalue weighted by Gasteiger charge is 2.27. The van der Waals surface area contributed by atoms with Gasteiger partial charge in [0.1, 0.15) is 5.02 Å². The fraction of sp³-hybridized carbons (Fsp3) is 0.476. The van der Waals surface area contributed by atoms with E-state index in [1.165, 1.54) is 6.42 Å². The van der Waals surface area contributed by atoms with Crippen LogP contribution in [-0.4, -0.2) is 49.2 Å². The molecule has 2 aliphatic heterocycles. The Morgan fingerprint density at radius 2 is 2.24 bits per heavy atom. The Balaban J connectivity index is 1.53. The van der Waals surface area contributed by atoms with Gasteiger partial charge in [0.2, 0.25) is 11.9 Å². The van der Waals surface area contributed by atoms with Crippen molar-refractivity contribution in [1.82, 2.24) is 9.97 Å². The minimum atomic E-state index is 0.0933. The second-order valence-corrected chi connectivity index (χ2v) is 8.15. The van der Waals surface area contributed by atoms with Crippen LogP contribution in [0.2, 0.25) is 5.02 Å². The number of rotatable bonds is 6. The van der Waals surface area contributed by atoms with Crippen molar-refractivity contribution < 1.29 is 9.53 Å². The van der Waals surface area contributed by atoms with Gasteiger partial charge in [0.25, 0.3) is 0 Å². The number of hydrogen-bond acceptors (Lipinski definition) is 6. The Labute approximate surface area is 176 Å². The van der Waals surface area contributed by atoms with Crippen LogP contribution in [0.4, 0.5) is 23.1 Å². The first-order chi connectivity index (χ1) is 14.0. The zero-order valence-electron chi connectivity index (χ0n) is 16.8. The molecule has 1 amide bonds. The lowest BCUT2D eigenvalue weighted by molar-refractivity contribution is -0.117. The van der Waals surface area contributed by atoms with Crippen molar-refractivity contribution in [2.45, 2.75) is 26.2 Å². The van der Waals surface area contributed by atoms with E-state index in [0.717, 1.165) is 36.4 Å². The summed E-state index contributed by atoms with van der Waals surface area (Å²) < 4.78 is 5.11. The largest absolute Gasteiger partial charge is 0.383 e. The molecule has 1 fully saturated rings. The number of nitrogens with one attached hydrogen (secondary N) is 1. The number of ether oxygens (including phenoxy) is 1.